The molecule has 0 bridgehead atoms. The van der Waals surface area contributed by atoms with Gasteiger partial charge in [0.1, 0.15) is 6.33 Å². The fourth-order valence-electron chi connectivity index (χ4n) is 1.51. The Labute approximate surface area is 118 Å². The molecule has 3 aromatic rings. The van der Waals surface area contributed by atoms with Gasteiger partial charge >= 0.3 is 0 Å². The number of tetrazole rings is 1. The molecule has 2 heterocycles. The average Bonchev–Trinajstić information content (AvgIpc) is 3.11. The molecule has 0 radical (unpaired) electrons. The number of hydrogen-bond acceptors (Lipinski definition) is 7. The first-order valence-corrected chi connectivity index (χ1v) is 7.77. The molecule has 2 aromatic heterocycles. The molecule has 1 N–H and O–H groups in total. The lowest BCUT2D eigenvalue weighted by Crippen LogP contribution is -2.12. The van der Waals surface area contributed by atoms with E-state index in [4.69, 9.17) is 0 Å². The maximum Gasteiger partial charge on any atom is 0.263 e. The summed E-state index contributed by atoms with van der Waals surface area (Å²) in [5.41, 5.74) is 0.670. The number of benzene rings is 1. The van der Waals surface area contributed by atoms with Gasteiger partial charge in [-0.3, -0.25) is 4.72 Å². The summed E-state index contributed by atoms with van der Waals surface area (Å²) in [6.45, 7) is 0. The third-order valence-corrected chi connectivity index (χ3v) is 4.59. The number of thiazole rings is 1. The smallest absolute Gasteiger partial charge is 0.255 e. The molecule has 102 valence electrons. The average molecular weight is 308 g/mol. The molecular weight excluding hydrogens is 300 g/mol. The van der Waals surface area contributed by atoms with Gasteiger partial charge in [-0.25, -0.2) is 18.1 Å². The van der Waals surface area contributed by atoms with Gasteiger partial charge in [-0.15, -0.1) is 16.4 Å². The van der Waals surface area contributed by atoms with Crippen molar-refractivity contribution in [1.29, 1.82) is 0 Å². The van der Waals surface area contributed by atoms with E-state index in [1.807, 2.05) is 0 Å². The summed E-state index contributed by atoms with van der Waals surface area (Å²) in [6.07, 6.45) is 2.96. The van der Waals surface area contributed by atoms with Gasteiger partial charge in [0.25, 0.3) is 10.0 Å². The van der Waals surface area contributed by atoms with Gasteiger partial charge < -0.3 is 0 Å². The molecule has 0 atom stereocenters. The Morgan fingerprint density at radius 3 is 2.60 bits per heavy atom. The number of hydrogen-bond donors (Lipinski definition) is 1. The number of nitrogens with zero attached hydrogens (tertiary/aromatic N) is 5. The molecule has 8 nitrogen and oxygen atoms in total. The van der Waals surface area contributed by atoms with Gasteiger partial charge in [-0.1, -0.05) is 0 Å². The Morgan fingerprint density at radius 2 is 2.00 bits per heavy atom. The minimum absolute atomic E-state index is 0.143. The van der Waals surface area contributed by atoms with Crippen LogP contribution in [0.4, 0.5) is 5.13 Å². The van der Waals surface area contributed by atoms with E-state index in [2.05, 4.69) is 25.2 Å². The standard InChI is InChI=1S/C10H8N6O2S2/c17-20(18,13-10-11-5-6-19-10)9-3-1-8(2-4-9)16-7-12-14-15-16/h1-7H,(H,11,13). The second-order valence-corrected chi connectivity index (χ2v) is 6.27. The van der Waals surface area contributed by atoms with Gasteiger partial charge in [0.05, 0.1) is 10.6 Å². The molecule has 0 saturated heterocycles. The largest absolute Gasteiger partial charge is 0.263 e. The van der Waals surface area contributed by atoms with Crippen molar-refractivity contribution >= 4 is 26.5 Å². The number of sulfonamides is 1. The minimum atomic E-state index is -3.63. The van der Waals surface area contributed by atoms with Gasteiger partial charge in [0.15, 0.2) is 5.13 Å². The van der Waals surface area contributed by atoms with Crippen LogP contribution in [0.15, 0.2) is 47.1 Å². The van der Waals surface area contributed by atoms with Crippen LogP contribution in [0.5, 0.6) is 0 Å². The molecule has 1 aromatic carbocycles. The molecular formula is C10H8N6O2S2. The van der Waals surface area contributed by atoms with E-state index in [0.717, 1.165) is 0 Å². The van der Waals surface area contributed by atoms with Crippen LogP contribution in [0.3, 0.4) is 0 Å². The third-order valence-electron chi connectivity index (χ3n) is 2.41. The van der Waals surface area contributed by atoms with Crippen molar-refractivity contribution in [3.63, 3.8) is 0 Å². The predicted molar refractivity (Wildman–Crippen MR) is 72.1 cm³/mol. The highest BCUT2D eigenvalue weighted by Crippen LogP contribution is 2.18. The minimum Gasteiger partial charge on any atom is -0.255 e. The Morgan fingerprint density at radius 1 is 1.20 bits per heavy atom. The summed E-state index contributed by atoms with van der Waals surface area (Å²) >= 11 is 1.21. The lowest BCUT2D eigenvalue weighted by molar-refractivity contribution is 0.601. The molecule has 0 aliphatic carbocycles. The Hall–Kier alpha value is -2.33. The summed E-state index contributed by atoms with van der Waals surface area (Å²) in [4.78, 5) is 4.03. The Bertz CT molecular complexity index is 781. The summed E-state index contributed by atoms with van der Waals surface area (Å²) < 4.78 is 28.0. The first-order chi connectivity index (χ1) is 9.65. The number of anilines is 1. The maximum absolute atomic E-state index is 12.1. The van der Waals surface area contributed by atoms with Gasteiger partial charge in [0, 0.05) is 11.6 Å². The highest BCUT2D eigenvalue weighted by molar-refractivity contribution is 7.93. The maximum atomic E-state index is 12.1. The summed E-state index contributed by atoms with van der Waals surface area (Å²) in [7, 11) is -3.63. The van der Waals surface area contributed by atoms with E-state index in [-0.39, 0.29) is 4.90 Å². The van der Waals surface area contributed by atoms with Crippen LogP contribution in [0.2, 0.25) is 0 Å². The summed E-state index contributed by atoms with van der Waals surface area (Å²) in [6, 6.07) is 6.19. The third kappa shape index (κ3) is 2.51. The van der Waals surface area contributed by atoms with Crippen LogP contribution in [0.1, 0.15) is 0 Å². The molecule has 10 heteroatoms. The van der Waals surface area contributed by atoms with Crippen LogP contribution in [0, 0.1) is 0 Å². The van der Waals surface area contributed by atoms with E-state index < -0.39 is 10.0 Å². The molecule has 3 rings (SSSR count). The topological polar surface area (TPSA) is 103 Å². The van der Waals surface area contributed by atoms with Crippen LogP contribution >= 0.6 is 11.3 Å². The molecule has 20 heavy (non-hydrogen) atoms. The van der Waals surface area contributed by atoms with Crippen LogP contribution in [0.25, 0.3) is 5.69 Å². The van der Waals surface area contributed by atoms with Crippen molar-refractivity contribution in [2.24, 2.45) is 0 Å². The van der Waals surface area contributed by atoms with E-state index in [0.29, 0.717) is 10.8 Å². The van der Waals surface area contributed by atoms with Crippen molar-refractivity contribution in [1.82, 2.24) is 25.2 Å². The zero-order chi connectivity index (χ0) is 14.0. The van der Waals surface area contributed by atoms with Gasteiger partial charge in [0.2, 0.25) is 0 Å². The SMILES string of the molecule is O=S(=O)(Nc1nccs1)c1ccc(-n2cnnn2)cc1. The van der Waals surface area contributed by atoms with Crippen molar-refractivity contribution in [2.75, 3.05) is 4.72 Å². The van der Waals surface area contributed by atoms with E-state index in [1.165, 1.54) is 40.7 Å². The van der Waals surface area contributed by atoms with Crippen LogP contribution in [-0.2, 0) is 10.0 Å². The molecule has 0 fully saturated rings. The Kier molecular flexibility index (Phi) is 3.16. The normalized spacial score (nSPS) is 11.4. The van der Waals surface area contributed by atoms with E-state index in [9.17, 15) is 8.42 Å². The van der Waals surface area contributed by atoms with Gasteiger partial charge in [-0.2, -0.15) is 0 Å². The number of aromatic nitrogens is 5. The zero-order valence-corrected chi connectivity index (χ0v) is 11.5. The molecule has 0 aliphatic heterocycles. The number of nitrogens with one attached hydrogen (secondary N) is 1. The van der Waals surface area contributed by atoms with Crippen molar-refractivity contribution in [3.05, 3.63) is 42.2 Å². The molecule has 0 amide bonds. The zero-order valence-electron chi connectivity index (χ0n) is 9.91. The molecule has 0 unspecified atom stereocenters. The van der Waals surface area contributed by atoms with Crippen molar-refractivity contribution in [2.45, 2.75) is 4.90 Å². The fraction of sp³-hybridized carbons (Fsp3) is 0. The lowest BCUT2D eigenvalue weighted by atomic mass is 10.3. The quantitative estimate of drug-likeness (QED) is 0.769. The van der Waals surface area contributed by atoms with Crippen LogP contribution in [-0.4, -0.2) is 33.6 Å². The fourth-order valence-corrected chi connectivity index (χ4v) is 3.29. The highest BCUT2D eigenvalue weighted by atomic mass is 32.2. The lowest BCUT2D eigenvalue weighted by Gasteiger charge is -2.06. The first-order valence-electron chi connectivity index (χ1n) is 5.41. The Balaban J connectivity index is 1.87. The predicted octanol–water partition coefficient (Wildman–Crippen LogP) is 0.920. The van der Waals surface area contributed by atoms with Crippen molar-refractivity contribution < 1.29 is 8.42 Å². The summed E-state index contributed by atoms with van der Waals surface area (Å²) in [5.74, 6) is 0. The molecule has 0 aliphatic rings. The van der Waals surface area contributed by atoms with E-state index in [1.54, 1.807) is 17.5 Å². The van der Waals surface area contributed by atoms with Crippen LogP contribution < -0.4 is 4.72 Å². The molecule has 0 spiro atoms. The van der Waals surface area contributed by atoms with Gasteiger partial charge in [-0.05, 0) is 34.7 Å². The second kappa shape index (κ2) is 4.98. The van der Waals surface area contributed by atoms with E-state index >= 15 is 0 Å². The monoisotopic (exact) mass is 308 g/mol. The number of rotatable bonds is 4. The first kappa shape index (κ1) is 12.7. The van der Waals surface area contributed by atoms with Crippen molar-refractivity contribution in [3.8, 4) is 5.69 Å². The molecule has 0 saturated carbocycles. The summed E-state index contributed by atoms with van der Waals surface area (Å²) in [5, 5.41) is 12.8. The second-order valence-electron chi connectivity index (χ2n) is 3.69. The highest BCUT2D eigenvalue weighted by Gasteiger charge is 2.15.